The molecule has 3 rings (SSSR count). The van der Waals surface area contributed by atoms with Gasteiger partial charge in [0, 0.05) is 15.4 Å². The fraction of sp³-hybridized carbons (Fsp3) is 0.222. The van der Waals surface area contributed by atoms with Crippen LogP contribution in [0.25, 0.3) is 22.2 Å². The highest BCUT2D eigenvalue weighted by atomic mass is 79.9. The van der Waals surface area contributed by atoms with Crippen LogP contribution in [0, 0.1) is 0 Å². The van der Waals surface area contributed by atoms with E-state index in [1.54, 1.807) is 0 Å². The van der Waals surface area contributed by atoms with Gasteiger partial charge in [0.05, 0.1) is 11.2 Å². The fourth-order valence-corrected chi connectivity index (χ4v) is 3.04. The molecular formula is C18H16BrClN2. The van der Waals surface area contributed by atoms with Crippen LogP contribution < -0.4 is 0 Å². The van der Waals surface area contributed by atoms with E-state index in [1.165, 1.54) is 18.4 Å². The van der Waals surface area contributed by atoms with Crippen LogP contribution in [0.4, 0.5) is 0 Å². The molecule has 112 valence electrons. The van der Waals surface area contributed by atoms with Gasteiger partial charge in [0.1, 0.15) is 0 Å². The van der Waals surface area contributed by atoms with Crippen molar-refractivity contribution in [2.45, 2.75) is 26.2 Å². The van der Waals surface area contributed by atoms with Gasteiger partial charge in [0.25, 0.3) is 0 Å². The monoisotopic (exact) mass is 374 g/mol. The molecule has 0 aliphatic carbocycles. The largest absolute Gasteiger partial charge is 0.223 e. The van der Waals surface area contributed by atoms with E-state index in [9.17, 15) is 0 Å². The highest BCUT2D eigenvalue weighted by Gasteiger charge is 2.09. The van der Waals surface area contributed by atoms with E-state index >= 15 is 0 Å². The smallest absolute Gasteiger partial charge is 0.218 e. The number of fused-ring (bicyclic) bond motifs is 1. The van der Waals surface area contributed by atoms with Crippen molar-refractivity contribution >= 4 is 38.4 Å². The first kappa shape index (κ1) is 15.4. The molecule has 0 unspecified atom stereocenters. The van der Waals surface area contributed by atoms with Gasteiger partial charge in [0.15, 0.2) is 0 Å². The Morgan fingerprint density at radius 2 is 1.82 bits per heavy atom. The summed E-state index contributed by atoms with van der Waals surface area (Å²) in [6, 6.07) is 14.5. The SMILES string of the molecule is CCCCc1ccc(-c2nc(Cl)nc3ccc(Br)cc23)cc1. The Labute approximate surface area is 143 Å². The van der Waals surface area contributed by atoms with E-state index in [1.807, 2.05) is 18.2 Å². The maximum Gasteiger partial charge on any atom is 0.223 e. The van der Waals surface area contributed by atoms with E-state index in [0.29, 0.717) is 0 Å². The lowest BCUT2D eigenvalue weighted by Gasteiger charge is -2.08. The first-order chi connectivity index (χ1) is 10.7. The van der Waals surface area contributed by atoms with Gasteiger partial charge in [-0.25, -0.2) is 9.97 Å². The minimum atomic E-state index is 0.278. The van der Waals surface area contributed by atoms with Crippen LogP contribution in [0.3, 0.4) is 0 Å². The topological polar surface area (TPSA) is 25.8 Å². The summed E-state index contributed by atoms with van der Waals surface area (Å²) < 4.78 is 1.01. The number of aryl methyl sites for hydroxylation is 1. The highest BCUT2D eigenvalue weighted by molar-refractivity contribution is 9.10. The molecule has 0 saturated carbocycles. The Morgan fingerprint density at radius 3 is 2.55 bits per heavy atom. The van der Waals surface area contributed by atoms with Gasteiger partial charge in [0.2, 0.25) is 5.28 Å². The van der Waals surface area contributed by atoms with Crippen LogP contribution in [0.5, 0.6) is 0 Å². The third-order valence-electron chi connectivity index (χ3n) is 3.68. The average molecular weight is 376 g/mol. The molecule has 3 aromatic rings. The highest BCUT2D eigenvalue weighted by Crippen LogP contribution is 2.29. The number of unbranched alkanes of at least 4 members (excludes halogenated alkanes) is 1. The van der Waals surface area contributed by atoms with E-state index in [4.69, 9.17) is 11.6 Å². The fourth-order valence-electron chi connectivity index (χ4n) is 2.50. The second-order valence-corrected chi connectivity index (χ2v) is 6.56. The van der Waals surface area contributed by atoms with Crippen LogP contribution in [-0.4, -0.2) is 9.97 Å². The van der Waals surface area contributed by atoms with Crippen molar-refractivity contribution < 1.29 is 0 Å². The number of benzene rings is 2. The van der Waals surface area contributed by atoms with Crippen molar-refractivity contribution in [2.24, 2.45) is 0 Å². The minimum absolute atomic E-state index is 0.278. The van der Waals surface area contributed by atoms with Crippen LogP contribution >= 0.6 is 27.5 Å². The van der Waals surface area contributed by atoms with Crippen molar-refractivity contribution in [3.8, 4) is 11.3 Å². The second kappa shape index (κ2) is 6.76. The van der Waals surface area contributed by atoms with Crippen molar-refractivity contribution in [2.75, 3.05) is 0 Å². The summed E-state index contributed by atoms with van der Waals surface area (Å²) in [5.41, 5.74) is 4.15. The summed E-state index contributed by atoms with van der Waals surface area (Å²) in [6.07, 6.45) is 3.55. The Morgan fingerprint density at radius 1 is 1.05 bits per heavy atom. The van der Waals surface area contributed by atoms with E-state index in [0.717, 1.165) is 33.1 Å². The van der Waals surface area contributed by atoms with Gasteiger partial charge in [-0.05, 0) is 48.2 Å². The van der Waals surface area contributed by atoms with Crippen molar-refractivity contribution in [3.05, 3.63) is 57.8 Å². The first-order valence-electron chi connectivity index (χ1n) is 7.39. The molecule has 2 aromatic carbocycles. The normalized spacial score (nSPS) is 11.0. The number of aromatic nitrogens is 2. The summed E-state index contributed by atoms with van der Waals surface area (Å²) in [5.74, 6) is 0. The lowest BCUT2D eigenvalue weighted by atomic mass is 10.0. The van der Waals surface area contributed by atoms with Gasteiger partial charge in [-0.2, -0.15) is 0 Å². The van der Waals surface area contributed by atoms with Gasteiger partial charge in [-0.1, -0.05) is 53.5 Å². The molecule has 0 saturated heterocycles. The molecule has 0 bridgehead atoms. The number of halogens is 2. The molecule has 0 atom stereocenters. The van der Waals surface area contributed by atoms with Crippen molar-refractivity contribution in [1.82, 2.24) is 9.97 Å². The molecule has 0 N–H and O–H groups in total. The Bertz CT molecular complexity index is 800. The third kappa shape index (κ3) is 3.31. The molecular weight excluding hydrogens is 360 g/mol. The zero-order valence-corrected chi connectivity index (χ0v) is 14.7. The molecule has 0 aliphatic rings. The summed E-state index contributed by atoms with van der Waals surface area (Å²) >= 11 is 9.59. The summed E-state index contributed by atoms with van der Waals surface area (Å²) in [5, 5.41) is 1.28. The minimum Gasteiger partial charge on any atom is -0.218 e. The average Bonchev–Trinajstić information content (AvgIpc) is 2.53. The Kier molecular flexibility index (Phi) is 4.74. The predicted octanol–water partition coefficient (Wildman–Crippen LogP) is 6.06. The molecule has 2 nitrogen and oxygen atoms in total. The molecule has 22 heavy (non-hydrogen) atoms. The molecule has 0 aliphatic heterocycles. The van der Waals surface area contributed by atoms with Crippen LogP contribution in [-0.2, 0) is 6.42 Å². The number of hydrogen-bond acceptors (Lipinski definition) is 2. The molecule has 0 radical (unpaired) electrons. The van der Waals surface area contributed by atoms with Crippen molar-refractivity contribution in [1.29, 1.82) is 0 Å². The Balaban J connectivity index is 2.07. The van der Waals surface area contributed by atoms with Crippen LogP contribution in [0.15, 0.2) is 46.9 Å². The molecule has 0 fully saturated rings. The molecule has 1 heterocycles. The quantitative estimate of drug-likeness (QED) is 0.518. The maximum atomic E-state index is 6.08. The van der Waals surface area contributed by atoms with Crippen LogP contribution in [0.1, 0.15) is 25.3 Å². The first-order valence-corrected chi connectivity index (χ1v) is 8.56. The lowest BCUT2D eigenvalue weighted by Crippen LogP contribution is -1.92. The second-order valence-electron chi connectivity index (χ2n) is 5.30. The molecule has 4 heteroatoms. The van der Waals surface area contributed by atoms with E-state index < -0.39 is 0 Å². The zero-order chi connectivity index (χ0) is 15.5. The molecule has 0 amide bonds. The molecule has 1 aromatic heterocycles. The van der Waals surface area contributed by atoms with Gasteiger partial charge < -0.3 is 0 Å². The third-order valence-corrected chi connectivity index (χ3v) is 4.34. The summed E-state index contributed by atoms with van der Waals surface area (Å²) in [6.45, 7) is 2.21. The number of rotatable bonds is 4. The number of nitrogens with zero attached hydrogens (tertiary/aromatic N) is 2. The summed E-state index contributed by atoms with van der Waals surface area (Å²) in [7, 11) is 0. The lowest BCUT2D eigenvalue weighted by molar-refractivity contribution is 0.795. The standard InChI is InChI=1S/C18H16BrClN2/c1-2-3-4-12-5-7-13(8-6-12)17-15-11-14(19)9-10-16(15)21-18(20)22-17/h5-11H,2-4H2,1H3. The van der Waals surface area contributed by atoms with Crippen LogP contribution in [0.2, 0.25) is 5.28 Å². The Hall–Kier alpha value is -1.45. The number of hydrogen-bond donors (Lipinski definition) is 0. The maximum absolute atomic E-state index is 6.08. The molecule has 0 spiro atoms. The van der Waals surface area contributed by atoms with Gasteiger partial charge in [-0.3, -0.25) is 0 Å². The summed E-state index contributed by atoms with van der Waals surface area (Å²) in [4.78, 5) is 8.73. The predicted molar refractivity (Wildman–Crippen MR) is 96.3 cm³/mol. The van der Waals surface area contributed by atoms with Gasteiger partial charge in [-0.15, -0.1) is 0 Å². The van der Waals surface area contributed by atoms with Crippen molar-refractivity contribution in [3.63, 3.8) is 0 Å². The zero-order valence-electron chi connectivity index (χ0n) is 12.3. The van der Waals surface area contributed by atoms with E-state index in [2.05, 4.69) is 57.1 Å². The van der Waals surface area contributed by atoms with Gasteiger partial charge >= 0.3 is 0 Å². The van der Waals surface area contributed by atoms with E-state index in [-0.39, 0.29) is 5.28 Å².